The molecule has 2 atom stereocenters. The van der Waals surface area contributed by atoms with Gasteiger partial charge in [0.2, 0.25) is 0 Å². The first-order valence-corrected chi connectivity index (χ1v) is 6.11. The quantitative estimate of drug-likeness (QED) is 0.847. The van der Waals surface area contributed by atoms with Crippen LogP contribution in [0.1, 0.15) is 24.5 Å². The van der Waals surface area contributed by atoms with Crippen molar-refractivity contribution in [2.75, 3.05) is 13.7 Å². The van der Waals surface area contributed by atoms with E-state index in [1.807, 2.05) is 0 Å². The first-order valence-electron chi connectivity index (χ1n) is 6.11. The van der Waals surface area contributed by atoms with Gasteiger partial charge in [-0.3, -0.25) is 0 Å². The van der Waals surface area contributed by atoms with Gasteiger partial charge in [-0.2, -0.15) is 0 Å². The van der Waals surface area contributed by atoms with Crippen molar-refractivity contribution in [2.24, 2.45) is 17.6 Å². The molecule has 2 heteroatoms. The van der Waals surface area contributed by atoms with Gasteiger partial charge in [0.05, 0.1) is 7.11 Å². The minimum absolute atomic E-state index is 0.624. The summed E-state index contributed by atoms with van der Waals surface area (Å²) in [5, 5.41) is 0. The zero-order chi connectivity index (χ0) is 11.5. The van der Waals surface area contributed by atoms with Gasteiger partial charge in [0.25, 0.3) is 0 Å². The molecule has 16 heavy (non-hydrogen) atoms. The first-order chi connectivity index (χ1) is 7.76. The Balaban J connectivity index is 2.21. The topological polar surface area (TPSA) is 35.2 Å². The van der Waals surface area contributed by atoms with Gasteiger partial charge in [0.15, 0.2) is 0 Å². The van der Waals surface area contributed by atoms with Crippen LogP contribution in [0.5, 0.6) is 5.75 Å². The number of hydrogen-bond donors (Lipinski definition) is 1. The normalized spacial score (nSPS) is 21.3. The number of hydrogen-bond acceptors (Lipinski definition) is 2. The Morgan fingerprint density at radius 2 is 2.31 bits per heavy atom. The van der Waals surface area contributed by atoms with Gasteiger partial charge in [-0.1, -0.05) is 19.1 Å². The summed E-state index contributed by atoms with van der Waals surface area (Å²) in [5.41, 5.74) is 8.62. The van der Waals surface area contributed by atoms with Crippen LogP contribution in [0.4, 0.5) is 0 Å². The van der Waals surface area contributed by atoms with Crippen molar-refractivity contribution in [2.45, 2.75) is 26.2 Å². The van der Waals surface area contributed by atoms with Gasteiger partial charge >= 0.3 is 0 Å². The lowest BCUT2D eigenvalue weighted by Crippen LogP contribution is -2.26. The van der Waals surface area contributed by atoms with E-state index in [0.29, 0.717) is 5.92 Å². The third-order valence-electron chi connectivity index (χ3n) is 3.87. The maximum Gasteiger partial charge on any atom is 0.122 e. The van der Waals surface area contributed by atoms with E-state index in [1.54, 1.807) is 7.11 Å². The van der Waals surface area contributed by atoms with Crippen LogP contribution >= 0.6 is 0 Å². The molecule has 0 bridgehead atoms. The van der Waals surface area contributed by atoms with E-state index >= 15 is 0 Å². The fraction of sp³-hybridized carbons (Fsp3) is 0.571. The Morgan fingerprint density at radius 3 is 3.00 bits per heavy atom. The summed E-state index contributed by atoms with van der Waals surface area (Å²) in [7, 11) is 1.75. The summed E-state index contributed by atoms with van der Waals surface area (Å²) in [5.74, 6) is 2.42. The molecule has 2 rings (SSSR count). The highest BCUT2D eigenvalue weighted by atomic mass is 16.5. The van der Waals surface area contributed by atoms with Crippen molar-refractivity contribution in [1.29, 1.82) is 0 Å². The second kappa shape index (κ2) is 4.88. The van der Waals surface area contributed by atoms with Crippen LogP contribution in [0.3, 0.4) is 0 Å². The zero-order valence-electron chi connectivity index (χ0n) is 10.2. The number of benzene rings is 1. The SMILES string of the molecule is COc1cccc2c1CCC(C(C)CN)C2. The second-order valence-corrected chi connectivity index (χ2v) is 4.81. The Kier molecular flexibility index (Phi) is 3.49. The van der Waals surface area contributed by atoms with Gasteiger partial charge in [-0.25, -0.2) is 0 Å². The summed E-state index contributed by atoms with van der Waals surface area (Å²) in [6, 6.07) is 6.38. The number of fused-ring (bicyclic) bond motifs is 1. The lowest BCUT2D eigenvalue weighted by atomic mass is 9.77. The highest BCUT2D eigenvalue weighted by Crippen LogP contribution is 2.34. The van der Waals surface area contributed by atoms with Crippen LogP contribution in [0.25, 0.3) is 0 Å². The molecule has 0 saturated carbocycles. The summed E-state index contributed by atoms with van der Waals surface area (Å²) >= 11 is 0. The van der Waals surface area contributed by atoms with Crippen molar-refractivity contribution in [1.82, 2.24) is 0 Å². The molecule has 0 fully saturated rings. The fourth-order valence-electron chi connectivity index (χ4n) is 2.67. The third-order valence-corrected chi connectivity index (χ3v) is 3.87. The Bertz CT molecular complexity index is 362. The predicted octanol–water partition coefficient (Wildman–Crippen LogP) is 2.39. The third kappa shape index (κ3) is 2.07. The molecule has 1 aromatic carbocycles. The van der Waals surface area contributed by atoms with Gasteiger partial charge in [0, 0.05) is 0 Å². The van der Waals surface area contributed by atoms with Crippen LogP contribution in [-0.2, 0) is 12.8 Å². The molecular formula is C14H21NO. The van der Waals surface area contributed by atoms with E-state index in [-0.39, 0.29) is 0 Å². The molecule has 0 aliphatic heterocycles. The van der Waals surface area contributed by atoms with Crippen molar-refractivity contribution in [3.8, 4) is 5.75 Å². The molecule has 0 amide bonds. The van der Waals surface area contributed by atoms with Crippen LogP contribution < -0.4 is 10.5 Å². The van der Waals surface area contributed by atoms with E-state index in [2.05, 4.69) is 25.1 Å². The van der Waals surface area contributed by atoms with Gasteiger partial charge in [0.1, 0.15) is 5.75 Å². The predicted molar refractivity (Wildman–Crippen MR) is 66.7 cm³/mol. The van der Waals surface area contributed by atoms with E-state index in [0.717, 1.165) is 31.1 Å². The van der Waals surface area contributed by atoms with Crippen LogP contribution in [-0.4, -0.2) is 13.7 Å². The molecule has 0 radical (unpaired) electrons. The molecule has 1 aliphatic carbocycles. The maximum atomic E-state index is 5.75. The summed E-state index contributed by atoms with van der Waals surface area (Å²) in [4.78, 5) is 0. The smallest absolute Gasteiger partial charge is 0.122 e. The standard InChI is InChI=1S/C14H21NO/c1-10(9-15)11-6-7-13-12(8-11)4-3-5-14(13)16-2/h3-5,10-11H,6-9,15H2,1-2H3. The second-order valence-electron chi connectivity index (χ2n) is 4.81. The number of rotatable bonds is 3. The molecule has 1 aliphatic rings. The lowest BCUT2D eigenvalue weighted by Gasteiger charge is -2.29. The molecule has 0 heterocycles. The van der Waals surface area contributed by atoms with Crippen molar-refractivity contribution >= 4 is 0 Å². The molecule has 2 nitrogen and oxygen atoms in total. The van der Waals surface area contributed by atoms with Gasteiger partial charge < -0.3 is 10.5 Å². The minimum Gasteiger partial charge on any atom is -0.496 e. The Labute approximate surface area is 97.8 Å². The van der Waals surface area contributed by atoms with E-state index in [1.165, 1.54) is 17.5 Å². The van der Waals surface area contributed by atoms with Crippen molar-refractivity contribution in [3.05, 3.63) is 29.3 Å². The average molecular weight is 219 g/mol. The van der Waals surface area contributed by atoms with Crippen LogP contribution in [0, 0.1) is 11.8 Å². The largest absolute Gasteiger partial charge is 0.496 e. The highest BCUT2D eigenvalue weighted by Gasteiger charge is 2.24. The highest BCUT2D eigenvalue weighted by molar-refractivity contribution is 5.42. The van der Waals surface area contributed by atoms with Gasteiger partial charge in [-0.15, -0.1) is 0 Å². The summed E-state index contributed by atoms with van der Waals surface area (Å²) < 4.78 is 5.41. The molecule has 88 valence electrons. The summed E-state index contributed by atoms with van der Waals surface area (Å²) in [6.45, 7) is 3.06. The Morgan fingerprint density at radius 1 is 1.50 bits per heavy atom. The van der Waals surface area contributed by atoms with E-state index in [4.69, 9.17) is 10.5 Å². The molecule has 0 spiro atoms. The van der Waals surface area contributed by atoms with Crippen LogP contribution in [0.2, 0.25) is 0 Å². The Hall–Kier alpha value is -1.02. The number of methoxy groups -OCH3 is 1. The molecule has 0 aromatic heterocycles. The van der Waals surface area contributed by atoms with Crippen LogP contribution in [0.15, 0.2) is 18.2 Å². The average Bonchev–Trinajstić information content (AvgIpc) is 2.36. The summed E-state index contributed by atoms with van der Waals surface area (Å²) in [6.07, 6.45) is 3.53. The molecule has 2 unspecified atom stereocenters. The monoisotopic (exact) mass is 219 g/mol. The number of ether oxygens (including phenoxy) is 1. The molecule has 2 N–H and O–H groups in total. The molecule has 1 aromatic rings. The molecular weight excluding hydrogens is 198 g/mol. The van der Waals surface area contributed by atoms with Gasteiger partial charge in [-0.05, 0) is 54.8 Å². The number of nitrogens with two attached hydrogens (primary N) is 1. The molecule has 0 saturated heterocycles. The van der Waals surface area contributed by atoms with Crippen molar-refractivity contribution < 1.29 is 4.74 Å². The van der Waals surface area contributed by atoms with Crippen molar-refractivity contribution in [3.63, 3.8) is 0 Å². The maximum absolute atomic E-state index is 5.75. The first kappa shape index (κ1) is 11.5. The minimum atomic E-state index is 0.624. The van der Waals surface area contributed by atoms with E-state index < -0.39 is 0 Å². The zero-order valence-corrected chi connectivity index (χ0v) is 10.2. The fourth-order valence-corrected chi connectivity index (χ4v) is 2.67. The van der Waals surface area contributed by atoms with E-state index in [9.17, 15) is 0 Å². The lowest BCUT2D eigenvalue weighted by molar-refractivity contribution is 0.321.